The lowest BCUT2D eigenvalue weighted by molar-refractivity contribution is 0.0726. The van der Waals surface area contributed by atoms with Crippen molar-refractivity contribution >= 4 is 17.5 Å². The molecule has 1 fully saturated rings. The van der Waals surface area contributed by atoms with E-state index in [-0.39, 0.29) is 17.7 Å². The van der Waals surface area contributed by atoms with Gasteiger partial charge in [-0.3, -0.25) is 4.79 Å². The maximum atomic E-state index is 12.6. The standard InChI is InChI=1S/C15H20ClNO3/c1-20-12-6-7-14(18)13(10-12)15(19)17-9-3-5-11(17)4-2-8-16/h6-7,10-11,18H,2-5,8-9H2,1H3. The molecule has 0 bridgehead atoms. The van der Waals surface area contributed by atoms with Crippen LogP contribution < -0.4 is 4.74 Å². The molecule has 0 saturated carbocycles. The van der Waals surface area contributed by atoms with Crippen molar-refractivity contribution < 1.29 is 14.6 Å². The summed E-state index contributed by atoms with van der Waals surface area (Å²) in [7, 11) is 1.54. The minimum absolute atomic E-state index is 0.00112. The largest absolute Gasteiger partial charge is 0.507 e. The molecule has 20 heavy (non-hydrogen) atoms. The Kier molecular flexibility index (Phi) is 5.12. The molecule has 1 amide bonds. The van der Waals surface area contributed by atoms with Crippen molar-refractivity contribution in [3.05, 3.63) is 23.8 Å². The number of hydrogen-bond donors (Lipinski definition) is 1. The Labute approximate surface area is 124 Å². The van der Waals surface area contributed by atoms with Crippen LogP contribution in [0.4, 0.5) is 0 Å². The molecule has 1 N–H and O–H groups in total. The number of likely N-dealkylation sites (tertiary alicyclic amines) is 1. The number of ether oxygens (including phenoxy) is 1. The van der Waals surface area contributed by atoms with E-state index in [1.807, 2.05) is 4.90 Å². The van der Waals surface area contributed by atoms with Crippen molar-refractivity contribution in [2.45, 2.75) is 31.7 Å². The number of aromatic hydroxyl groups is 1. The van der Waals surface area contributed by atoms with Gasteiger partial charge < -0.3 is 14.7 Å². The minimum atomic E-state index is -0.126. The molecule has 4 nitrogen and oxygen atoms in total. The molecular weight excluding hydrogens is 278 g/mol. The molecule has 1 aliphatic heterocycles. The van der Waals surface area contributed by atoms with E-state index in [0.29, 0.717) is 17.2 Å². The Morgan fingerprint density at radius 3 is 3.05 bits per heavy atom. The summed E-state index contributed by atoms with van der Waals surface area (Å²) >= 11 is 5.73. The first kappa shape index (κ1) is 15.0. The van der Waals surface area contributed by atoms with Gasteiger partial charge in [-0.25, -0.2) is 0 Å². The van der Waals surface area contributed by atoms with Gasteiger partial charge in [-0.1, -0.05) is 0 Å². The van der Waals surface area contributed by atoms with Crippen LogP contribution in [-0.4, -0.2) is 41.5 Å². The minimum Gasteiger partial charge on any atom is -0.507 e. The molecule has 1 aliphatic rings. The van der Waals surface area contributed by atoms with E-state index in [0.717, 1.165) is 32.2 Å². The van der Waals surface area contributed by atoms with Crippen molar-refractivity contribution in [2.75, 3.05) is 19.5 Å². The van der Waals surface area contributed by atoms with Crippen LogP contribution in [0.15, 0.2) is 18.2 Å². The number of phenolic OH excluding ortho intramolecular Hbond substituents is 1. The van der Waals surface area contributed by atoms with Gasteiger partial charge in [-0.2, -0.15) is 0 Å². The Morgan fingerprint density at radius 1 is 1.55 bits per heavy atom. The highest BCUT2D eigenvalue weighted by Gasteiger charge is 2.30. The van der Waals surface area contributed by atoms with Gasteiger partial charge in [-0.15, -0.1) is 11.6 Å². The Hall–Kier alpha value is -1.42. The number of benzene rings is 1. The van der Waals surface area contributed by atoms with E-state index in [1.165, 1.54) is 6.07 Å². The van der Waals surface area contributed by atoms with Gasteiger partial charge in [0.05, 0.1) is 12.7 Å². The first-order valence-corrected chi connectivity index (χ1v) is 7.44. The predicted molar refractivity (Wildman–Crippen MR) is 78.7 cm³/mol. The molecule has 0 aliphatic carbocycles. The molecular formula is C15H20ClNO3. The van der Waals surface area contributed by atoms with Gasteiger partial charge in [-0.05, 0) is 43.9 Å². The molecule has 0 aromatic heterocycles. The lowest BCUT2D eigenvalue weighted by atomic mass is 10.1. The van der Waals surface area contributed by atoms with E-state index in [2.05, 4.69) is 0 Å². The second-order valence-corrected chi connectivity index (χ2v) is 5.39. The average Bonchev–Trinajstić information content (AvgIpc) is 2.93. The van der Waals surface area contributed by atoms with E-state index in [9.17, 15) is 9.90 Å². The Bertz CT molecular complexity index is 478. The third-order valence-electron chi connectivity index (χ3n) is 3.74. The van der Waals surface area contributed by atoms with E-state index in [1.54, 1.807) is 19.2 Å². The number of methoxy groups -OCH3 is 1. The quantitative estimate of drug-likeness (QED) is 0.850. The average molecular weight is 298 g/mol. The first-order chi connectivity index (χ1) is 9.67. The van der Waals surface area contributed by atoms with Crippen LogP contribution in [0.25, 0.3) is 0 Å². The number of rotatable bonds is 5. The monoisotopic (exact) mass is 297 g/mol. The zero-order valence-corrected chi connectivity index (χ0v) is 12.4. The molecule has 110 valence electrons. The van der Waals surface area contributed by atoms with Crippen LogP contribution in [-0.2, 0) is 0 Å². The van der Waals surface area contributed by atoms with Gasteiger partial charge in [0.25, 0.3) is 5.91 Å². The molecule has 2 rings (SSSR count). The SMILES string of the molecule is COc1ccc(O)c(C(=O)N2CCCC2CCCCl)c1. The van der Waals surface area contributed by atoms with Crippen molar-refractivity contribution in [3.8, 4) is 11.5 Å². The zero-order valence-electron chi connectivity index (χ0n) is 11.6. The lowest BCUT2D eigenvalue weighted by Gasteiger charge is -2.25. The van der Waals surface area contributed by atoms with Gasteiger partial charge in [0.15, 0.2) is 0 Å². The summed E-state index contributed by atoms with van der Waals surface area (Å²) in [6.07, 6.45) is 3.83. The second-order valence-electron chi connectivity index (χ2n) is 5.01. The molecule has 1 saturated heterocycles. The number of carbonyl (C=O) groups excluding carboxylic acids is 1. The molecule has 0 spiro atoms. The first-order valence-electron chi connectivity index (χ1n) is 6.91. The summed E-state index contributed by atoms with van der Waals surface area (Å²) < 4.78 is 5.12. The van der Waals surface area contributed by atoms with Crippen molar-refractivity contribution in [1.29, 1.82) is 0 Å². The molecule has 1 aromatic rings. The van der Waals surface area contributed by atoms with Crippen molar-refractivity contribution in [1.82, 2.24) is 4.90 Å². The van der Waals surface area contributed by atoms with E-state index < -0.39 is 0 Å². The normalized spacial score (nSPS) is 18.3. The molecule has 0 radical (unpaired) electrons. The number of phenols is 1. The maximum absolute atomic E-state index is 12.6. The summed E-state index contributed by atoms with van der Waals surface area (Å²) in [4.78, 5) is 14.4. The number of hydrogen-bond acceptors (Lipinski definition) is 3. The number of amides is 1. The van der Waals surface area contributed by atoms with Crippen LogP contribution in [0.1, 0.15) is 36.0 Å². The highest BCUT2D eigenvalue weighted by molar-refractivity contribution is 6.17. The van der Waals surface area contributed by atoms with Gasteiger partial charge >= 0.3 is 0 Å². The Morgan fingerprint density at radius 2 is 2.35 bits per heavy atom. The fourth-order valence-corrected chi connectivity index (χ4v) is 2.84. The summed E-state index contributed by atoms with van der Waals surface area (Å²) in [5, 5.41) is 9.90. The van der Waals surface area contributed by atoms with E-state index >= 15 is 0 Å². The maximum Gasteiger partial charge on any atom is 0.257 e. The van der Waals surface area contributed by atoms with Crippen LogP contribution in [0.5, 0.6) is 11.5 Å². The summed E-state index contributed by atoms with van der Waals surface area (Å²) in [6.45, 7) is 0.739. The Balaban J connectivity index is 2.17. The van der Waals surface area contributed by atoms with Crippen LogP contribution in [0, 0.1) is 0 Å². The number of alkyl halides is 1. The molecule has 1 aromatic carbocycles. The molecule has 1 unspecified atom stereocenters. The molecule has 1 heterocycles. The smallest absolute Gasteiger partial charge is 0.257 e. The number of nitrogens with zero attached hydrogens (tertiary/aromatic N) is 1. The van der Waals surface area contributed by atoms with Gasteiger partial charge in [0, 0.05) is 18.5 Å². The fraction of sp³-hybridized carbons (Fsp3) is 0.533. The summed E-state index contributed by atoms with van der Waals surface area (Å²) in [6, 6.07) is 4.96. The van der Waals surface area contributed by atoms with Crippen LogP contribution in [0.2, 0.25) is 0 Å². The summed E-state index contributed by atoms with van der Waals surface area (Å²) in [5.74, 6) is 1.06. The predicted octanol–water partition coefficient (Wildman–Crippen LogP) is 3.02. The third kappa shape index (κ3) is 3.18. The number of halogens is 1. The third-order valence-corrected chi connectivity index (χ3v) is 4.01. The molecule has 5 heteroatoms. The number of carbonyl (C=O) groups is 1. The van der Waals surface area contributed by atoms with Crippen molar-refractivity contribution in [3.63, 3.8) is 0 Å². The van der Waals surface area contributed by atoms with E-state index in [4.69, 9.17) is 16.3 Å². The van der Waals surface area contributed by atoms with Gasteiger partial charge in [0.2, 0.25) is 0 Å². The highest BCUT2D eigenvalue weighted by Crippen LogP contribution is 2.29. The van der Waals surface area contributed by atoms with Crippen LogP contribution in [0.3, 0.4) is 0 Å². The highest BCUT2D eigenvalue weighted by atomic mass is 35.5. The topological polar surface area (TPSA) is 49.8 Å². The fourth-order valence-electron chi connectivity index (χ4n) is 2.68. The zero-order chi connectivity index (χ0) is 14.5. The van der Waals surface area contributed by atoms with Crippen LogP contribution >= 0.6 is 11.6 Å². The molecule has 1 atom stereocenters. The lowest BCUT2D eigenvalue weighted by Crippen LogP contribution is -2.35. The van der Waals surface area contributed by atoms with Gasteiger partial charge in [0.1, 0.15) is 11.5 Å². The summed E-state index contributed by atoms with van der Waals surface area (Å²) in [5.41, 5.74) is 0.308. The van der Waals surface area contributed by atoms with Crippen molar-refractivity contribution in [2.24, 2.45) is 0 Å². The second kappa shape index (κ2) is 6.84.